The highest BCUT2D eigenvalue weighted by Gasteiger charge is 2.37. The number of aromatic nitrogens is 2. The molecule has 0 unspecified atom stereocenters. The molecule has 0 radical (unpaired) electrons. The minimum absolute atomic E-state index is 0.0761. The lowest BCUT2D eigenvalue weighted by Gasteiger charge is -2.33. The molecule has 2 aromatic carbocycles. The Morgan fingerprint density at radius 3 is 2.61 bits per heavy atom. The van der Waals surface area contributed by atoms with Crippen LogP contribution in [-0.2, 0) is 4.79 Å². The van der Waals surface area contributed by atoms with Crippen molar-refractivity contribution in [3.8, 4) is 0 Å². The van der Waals surface area contributed by atoms with Crippen LogP contribution in [0.4, 0.5) is 15.9 Å². The van der Waals surface area contributed by atoms with Crippen molar-refractivity contribution in [1.29, 1.82) is 0 Å². The van der Waals surface area contributed by atoms with Gasteiger partial charge in [0.15, 0.2) is 5.78 Å². The van der Waals surface area contributed by atoms with E-state index in [2.05, 4.69) is 15.7 Å². The molecule has 1 aliphatic heterocycles. The Labute approximate surface area is 182 Å². The van der Waals surface area contributed by atoms with Gasteiger partial charge in [-0.1, -0.05) is 23.7 Å². The highest BCUT2D eigenvalue weighted by atomic mass is 35.5. The van der Waals surface area contributed by atoms with Gasteiger partial charge >= 0.3 is 0 Å². The molecular weight excluding hydrogens is 419 g/mol. The molecule has 8 heteroatoms. The number of benzene rings is 2. The maximum absolute atomic E-state index is 13.2. The third kappa shape index (κ3) is 3.51. The van der Waals surface area contributed by atoms with E-state index >= 15 is 0 Å². The number of ketones is 1. The van der Waals surface area contributed by atoms with Gasteiger partial charge in [0.1, 0.15) is 23.2 Å². The zero-order chi connectivity index (χ0) is 21.5. The van der Waals surface area contributed by atoms with E-state index in [0.717, 1.165) is 24.1 Å². The molecule has 156 valence electrons. The van der Waals surface area contributed by atoms with Crippen LogP contribution < -0.4 is 10.6 Å². The van der Waals surface area contributed by atoms with Crippen LogP contribution in [0.25, 0.3) is 0 Å². The second kappa shape index (κ2) is 7.67. The van der Waals surface area contributed by atoms with Crippen LogP contribution in [0.15, 0.2) is 66.0 Å². The maximum Gasteiger partial charge on any atom is 0.261 e. The van der Waals surface area contributed by atoms with Crippen LogP contribution in [-0.4, -0.2) is 21.5 Å². The van der Waals surface area contributed by atoms with Crippen molar-refractivity contribution in [3.63, 3.8) is 0 Å². The molecule has 1 aromatic heterocycles. The zero-order valence-corrected chi connectivity index (χ0v) is 17.1. The van der Waals surface area contributed by atoms with Crippen molar-refractivity contribution in [1.82, 2.24) is 9.78 Å². The molecular formula is C23H18ClFN4O2. The largest absolute Gasteiger partial charge is 0.343 e. The number of nitrogens with one attached hydrogen (secondary N) is 2. The summed E-state index contributed by atoms with van der Waals surface area (Å²) in [6.45, 7) is 0. The summed E-state index contributed by atoms with van der Waals surface area (Å²) in [5, 5.41) is 11.1. The average Bonchev–Trinajstić information content (AvgIpc) is 3.18. The molecule has 2 N–H and O–H groups in total. The SMILES string of the molecule is O=C1CCCC2=C1[C@H](c1ccc(Cl)cc1)n1ncc(C(=O)Nc3ccc(F)cc3)c1N2. The molecule has 6 nitrogen and oxygen atoms in total. The lowest BCUT2D eigenvalue weighted by molar-refractivity contribution is -0.116. The standard InChI is InChI=1S/C23H18ClFN4O2/c24-14-6-4-13(5-7-14)21-20-18(2-1-3-19(20)30)28-22-17(12-26-29(21)22)23(31)27-16-10-8-15(25)9-11-16/h4-12,21,28H,1-3H2,(H,27,31)/t21-/m0/s1. The van der Waals surface area contributed by atoms with Crippen molar-refractivity contribution in [3.05, 3.63) is 88.0 Å². The molecule has 0 spiro atoms. The Hall–Kier alpha value is -3.45. The summed E-state index contributed by atoms with van der Waals surface area (Å²) in [5.74, 6) is -0.156. The summed E-state index contributed by atoms with van der Waals surface area (Å²) in [6.07, 6.45) is 3.44. The van der Waals surface area contributed by atoms with E-state index in [9.17, 15) is 14.0 Å². The molecule has 3 aromatic rings. The minimum atomic E-state index is -0.441. The summed E-state index contributed by atoms with van der Waals surface area (Å²) in [5.41, 5.74) is 3.18. The smallest absolute Gasteiger partial charge is 0.261 e. The molecule has 5 rings (SSSR count). The van der Waals surface area contributed by atoms with Gasteiger partial charge in [0, 0.05) is 28.4 Å². The van der Waals surface area contributed by atoms with Crippen LogP contribution in [0.5, 0.6) is 0 Å². The summed E-state index contributed by atoms with van der Waals surface area (Å²) >= 11 is 6.06. The Kier molecular flexibility index (Phi) is 4.82. The third-order valence-electron chi connectivity index (χ3n) is 5.57. The fourth-order valence-corrected chi connectivity index (χ4v) is 4.24. The highest BCUT2D eigenvalue weighted by molar-refractivity contribution is 6.30. The molecule has 2 aliphatic rings. The quantitative estimate of drug-likeness (QED) is 0.609. The number of fused-ring (bicyclic) bond motifs is 1. The topological polar surface area (TPSA) is 76.0 Å². The van der Waals surface area contributed by atoms with Crippen molar-refractivity contribution in [2.45, 2.75) is 25.3 Å². The first-order valence-electron chi connectivity index (χ1n) is 9.94. The lowest BCUT2D eigenvalue weighted by atomic mass is 9.85. The molecule has 2 heterocycles. The van der Waals surface area contributed by atoms with Gasteiger partial charge in [0.2, 0.25) is 0 Å². The van der Waals surface area contributed by atoms with E-state index in [1.54, 1.807) is 16.8 Å². The van der Waals surface area contributed by atoms with Gasteiger partial charge in [-0.15, -0.1) is 0 Å². The first-order chi connectivity index (χ1) is 15.0. The zero-order valence-electron chi connectivity index (χ0n) is 16.4. The van der Waals surface area contributed by atoms with Gasteiger partial charge < -0.3 is 10.6 Å². The van der Waals surface area contributed by atoms with E-state index < -0.39 is 6.04 Å². The van der Waals surface area contributed by atoms with Crippen LogP contribution in [0.3, 0.4) is 0 Å². The van der Waals surface area contributed by atoms with E-state index in [4.69, 9.17) is 11.6 Å². The van der Waals surface area contributed by atoms with E-state index in [0.29, 0.717) is 34.1 Å². The summed E-state index contributed by atoms with van der Waals surface area (Å²) in [4.78, 5) is 25.8. The molecule has 0 saturated heterocycles. The number of amides is 1. The number of anilines is 2. The number of carbonyl (C=O) groups is 2. The van der Waals surface area contributed by atoms with Gasteiger partial charge in [-0.25, -0.2) is 9.07 Å². The number of nitrogens with zero attached hydrogens (tertiary/aromatic N) is 2. The molecule has 31 heavy (non-hydrogen) atoms. The van der Waals surface area contributed by atoms with Gasteiger partial charge in [-0.2, -0.15) is 5.10 Å². The van der Waals surface area contributed by atoms with Gasteiger partial charge in [0.05, 0.1) is 6.20 Å². The molecule has 0 saturated carbocycles. The number of rotatable bonds is 3. The number of carbonyl (C=O) groups excluding carboxylic acids is 2. The normalized spacial score (nSPS) is 17.6. The maximum atomic E-state index is 13.2. The minimum Gasteiger partial charge on any atom is -0.343 e. The summed E-state index contributed by atoms with van der Waals surface area (Å²) in [7, 11) is 0. The van der Waals surface area contributed by atoms with Crippen molar-refractivity contribution < 1.29 is 14.0 Å². The first-order valence-corrected chi connectivity index (χ1v) is 10.3. The third-order valence-corrected chi connectivity index (χ3v) is 5.82. The Bertz CT molecular complexity index is 1220. The number of allylic oxidation sites excluding steroid dienone is 2. The second-order valence-corrected chi connectivity index (χ2v) is 8.00. The fraction of sp³-hybridized carbons (Fsp3) is 0.174. The molecule has 1 atom stereocenters. The molecule has 0 bridgehead atoms. The average molecular weight is 437 g/mol. The fourth-order valence-electron chi connectivity index (χ4n) is 4.11. The van der Waals surface area contributed by atoms with E-state index in [-0.39, 0.29) is 17.5 Å². The lowest BCUT2D eigenvalue weighted by Crippen LogP contribution is -2.32. The van der Waals surface area contributed by atoms with Gasteiger partial charge in [-0.3, -0.25) is 9.59 Å². The molecule has 1 amide bonds. The number of hydrogen-bond acceptors (Lipinski definition) is 4. The van der Waals surface area contributed by atoms with E-state index in [1.165, 1.54) is 30.5 Å². The first kappa shape index (κ1) is 19.5. The van der Waals surface area contributed by atoms with Crippen LogP contribution in [0, 0.1) is 5.82 Å². The van der Waals surface area contributed by atoms with Crippen molar-refractivity contribution in [2.75, 3.05) is 10.6 Å². The Morgan fingerprint density at radius 2 is 1.87 bits per heavy atom. The number of halogens is 2. The molecule has 0 fully saturated rings. The summed E-state index contributed by atoms with van der Waals surface area (Å²) < 4.78 is 14.8. The van der Waals surface area contributed by atoms with Crippen LogP contribution in [0.2, 0.25) is 5.02 Å². The van der Waals surface area contributed by atoms with Crippen molar-refractivity contribution >= 4 is 34.8 Å². The van der Waals surface area contributed by atoms with Gasteiger partial charge in [-0.05, 0) is 54.8 Å². The Morgan fingerprint density at radius 1 is 1.13 bits per heavy atom. The van der Waals surface area contributed by atoms with Gasteiger partial charge in [0.25, 0.3) is 5.91 Å². The van der Waals surface area contributed by atoms with Crippen LogP contribution >= 0.6 is 11.6 Å². The summed E-state index contributed by atoms with van der Waals surface area (Å²) in [6, 6.07) is 12.4. The monoisotopic (exact) mass is 436 g/mol. The van der Waals surface area contributed by atoms with E-state index in [1.807, 2.05) is 12.1 Å². The predicted molar refractivity (Wildman–Crippen MR) is 116 cm³/mol. The highest BCUT2D eigenvalue weighted by Crippen LogP contribution is 2.41. The van der Waals surface area contributed by atoms with Crippen molar-refractivity contribution in [2.24, 2.45) is 0 Å². The molecule has 1 aliphatic carbocycles. The number of Topliss-reactive ketones (excluding diaryl/α,β-unsaturated/α-hetero) is 1. The Balaban J connectivity index is 1.56. The second-order valence-electron chi connectivity index (χ2n) is 7.56. The number of hydrogen-bond donors (Lipinski definition) is 2. The predicted octanol–water partition coefficient (Wildman–Crippen LogP) is 4.95. The van der Waals surface area contributed by atoms with Crippen LogP contribution in [0.1, 0.15) is 41.2 Å².